The molecule has 1 aliphatic heterocycles. The van der Waals surface area contributed by atoms with Crippen molar-refractivity contribution in [2.45, 2.75) is 71.0 Å². The van der Waals surface area contributed by atoms with E-state index in [1.165, 1.54) is 34.6 Å². The molecule has 27 heavy (non-hydrogen) atoms. The van der Waals surface area contributed by atoms with E-state index in [-0.39, 0.29) is 18.3 Å². The number of hydrogen-bond donors (Lipinski definition) is 0. The Morgan fingerprint density at radius 2 is 1.26 bits per heavy atom. The molecule has 0 unspecified atom stereocenters. The van der Waals surface area contributed by atoms with Gasteiger partial charge in [0.1, 0.15) is 0 Å². The lowest BCUT2D eigenvalue weighted by atomic mass is 9.82. The van der Waals surface area contributed by atoms with E-state index in [0.717, 1.165) is 19.3 Å². The summed E-state index contributed by atoms with van der Waals surface area (Å²) in [6, 6.07) is 17.5. The van der Waals surface area contributed by atoms with Crippen molar-refractivity contribution in [2.75, 3.05) is 0 Å². The number of benzene rings is 2. The van der Waals surface area contributed by atoms with Crippen molar-refractivity contribution < 1.29 is 9.31 Å². The summed E-state index contributed by atoms with van der Waals surface area (Å²) in [7, 11) is -0.0664. The molecule has 3 nitrogen and oxygen atoms in total. The monoisotopic (exact) mass is 363 g/mol. The standard InChI is InChI=1S/C23H30BNO2/c1-22(2)23(3,4)27-24(26-22)16-10-5-11-17-25-20-14-8-6-12-18(20)19-13-7-9-15-21(19)25/h6-9,12-15H,5,10-11,16-17H2,1-4H3. The second-order valence-electron chi connectivity index (χ2n) is 8.72. The summed E-state index contributed by atoms with van der Waals surface area (Å²) in [6.07, 6.45) is 4.46. The minimum atomic E-state index is -0.222. The Bertz CT molecular complexity index is 875. The first-order valence-electron chi connectivity index (χ1n) is 10.2. The van der Waals surface area contributed by atoms with E-state index < -0.39 is 0 Å². The smallest absolute Gasteiger partial charge is 0.403 e. The second-order valence-corrected chi connectivity index (χ2v) is 8.72. The average molecular weight is 363 g/mol. The molecule has 0 bridgehead atoms. The Kier molecular flexibility index (Phi) is 4.81. The topological polar surface area (TPSA) is 23.4 Å². The molecule has 0 N–H and O–H groups in total. The number of nitrogens with zero attached hydrogens (tertiary/aromatic N) is 1. The maximum Gasteiger partial charge on any atom is 0.457 e. The lowest BCUT2D eigenvalue weighted by molar-refractivity contribution is 0.00578. The van der Waals surface area contributed by atoms with Gasteiger partial charge in [-0.3, -0.25) is 0 Å². The van der Waals surface area contributed by atoms with E-state index in [1.807, 2.05) is 0 Å². The summed E-state index contributed by atoms with van der Waals surface area (Å²) in [5.41, 5.74) is 2.23. The molecule has 1 aliphatic rings. The van der Waals surface area contributed by atoms with Crippen molar-refractivity contribution in [3.63, 3.8) is 0 Å². The van der Waals surface area contributed by atoms with Crippen LogP contribution >= 0.6 is 0 Å². The first kappa shape index (κ1) is 18.6. The number of hydrogen-bond acceptors (Lipinski definition) is 2. The van der Waals surface area contributed by atoms with Gasteiger partial charge in [-0.2, -0.15) is 0 Å². The highest BCUT2D eigenvalue weighted by Crippen LogP contribution is 2.38. The average Bonchev–Trinajstić information content (AvgIpc) is 3.05. The third-order valence-electron chi connectivity index (χ3n) is 6.30. The summed E-state index contributed by atoms with van der Waals surface area (Å²) in [5, 5.41) is 2.70. The van der Waals surface area contributed by atoms with Gasteiger partial charge in [0.25, 0.3) is 0 Å². The van der Waals surface area contributed by atoms with Crippen LogP contribution in [-0.4, -0.2) is 22.9 Å². The van der Waals surface area contributed by atoms with Crippen LogP contribution in [0.5, 0.6) is 0 Å². The second kappa shape index (κ2) is 6.99. The van der Waals surface area contributed by atoms with E-state index in [1.54, 1.807) is 0 Å². The van der Waals surface area contributed by atoms with Gasteiger partial charge in [0.2, 0.25) is 0 Å². The van der Waals surface area contributed by atoms with Crippen LogP contribution in [0.4, 0.5) is 0 Å². The SMILES string of the molecule is CC1(C)OB(CCCCCn2c3ccccc3c3ccccc32)OC1(C)C. The zero-order chi connectivity index (χ0) is 19.1. The number of rotatable bonds is 6. The van der Waals surface area contributed by atoms with Crippen molar-refractivity contribution in [3.05, 3.63) is 48.5 Å². The zero-order valence-corrected chi connectivity index (χ0v) is 17.0. The van der Waals surface area contributed by atoms with Gasteiger partial charge in [-0.1, -0.05) is 49.2 Å². The first-order valence-corrected chi connectivity index (χ1v) is 10.2. The van der Waals surface area contributed by atoms with E-state index in [0.29, 0.717) is 0 Å². The van der Waals surface area contributed by atoms with Crippen LogP contribution in [0.1, 0.15) is 47.0 Å². The summed E-state index contributed by atoms with van der Waals surface area (Å²) in [6.45, 7) is 9.53. The largest absolute Gasteiger partial charge is 0.457 e. The first-order chi connectivity index (χ1) is 12.9. The molecule has 142 valence electrons. The summed E-state index contributed by atoms with van der Waals surface area (Å²) in [4.78, 5) is 0. The Hall–Kier alpha value is -1.78. The molecule has 2 aromatic carbocycles. The van der Waals surface area contributed by atoms with Crippen LogP contribution in [0.3, 0.4) is 0 Å². The number of para-hydroxylation sites is 2. The minimum absolute atomic E-state index is 0.0664. The molecule has 2 heterocycles. The van der Waals surface area contributed by atoms with E-state index >= 15 is 0 Å². The van der Waals surface area contributed by atoms with Gasteiger partial charge in [-0.05, 0) is 52.6 Å². The molecule has 4 heteroatoms. The van der Waals surface area contributed by atoms with Gasteiger partial charge in [0.05, 0.1) is 11.2 Å². The highest BCUT2D eigenvalue weighted by molar-refractivity contribution is 6.45. The van der Waals surface area contributed by atoms with E-state index in [9.17, 15) is 0 Å². The van der Waals surface area contributed by atoms with E-state index in [2.05, 4.69) is 80.8 Å². The van der Waals surface area contributed by atoms with Gasteiger partial charge < -0.3 is 13.9 Å². The molecule has 3 aromatic rings. The quantitative estimate of drug-likeness (QED) is 0.393. The van der Waals surface area contributed by atoms with Crippen molar-refractivity contribution in [1.82, 2.24) is 4.57 Å². The number of aromatic nitrogens is 1. The van der Waals surface area contributed by atoms with Gasteiger partial charge in [-0.15, -0.1) is 0 Å². The lowest BCUT2D eigenvalue weighted by Crippen LogP contribution is -2.41. The highest BCUT2D eigenvalue weighted by atomic mass is 16.7. The molecule has 0 amide bonds. The van der Waals surface area contributed by atoms with Crippen LogP contribution in [0.15, 0.2) is 48.5 Å². The van der Waals surface area contributed by atoms with Crippen LogP contribution < -0.4 is 0 Å². The van der Waals surface area contributed by atoms with Gasteiger partial charge >= 0.3 is 7.12 Å². The molecule has 0 atom stereocenters. The normalized spacial score (nSPS) is 18.6. The molecular formula is C23H30BNO2. The van der Waals surface area contributed by atoms with Crippen LogP contribution in [0.25, 0.3) is 21.8 Å². The number of fused-ring (bicyclic) bond motifs is 3. The molecular weight excluding hydrogens is 333 g/mol. The van der Waals surface area contributed by atoms with Crippen molar-refractivity contribution >= 4 is 28.9 Å². The van der Waals surface area contributed by atoms with Gasteiger partial charge in [-0.25, -0.2) is 0 Å². The molecule has 0 aliphatic carbocycles. The molecule has 4 rings (SSSR count). The third-order valence-corrected chi connectivity index (χ3v) is 6.30. The van der Waals surface area contributed by atoms with Gasteiger partial charge in [0, 0.05) is 28.4 Å². The lowest BCUT2D eigenvalue weighted by Gasteiger charge is -2.32. The maximum absolute atomic E-state index is 6.10. The molecule has 0 saturated carbocycles. The molecule has 1 saturated heterocycles. The van der Waals surface area contributed by atoms with E-state index in [4.69, 9.17) is 9.31 Å². The summed E-state index contributed by atoms with van der Waals surface area (Å²) in [5.74, 6) is 0. The van der Waals surface area contributed by atoms with Gasteiger partial charge in [0.15, 0.2) is 0 Å². The van der Waals surface area contributed by atoms with Crippen LogP contribution in [0, 0.1) is 0 Å². The van der Waals surface area contributed by atoms with Crippen LogP contribution in [0.2, 0.25) is 6.32 Å². The predicted octanol–water partition coefficient (Wildman–Crippen LogP) is 6.06. The molecule has 0 radical (unpaired) electrons. The van der Waals surface area contributed by atoms with Crippen LogP contribution in [-0.2, 0) is 15.9 Å². The summed E-state index contributed by atoms with van der Waals surface area (Å²) >= 11 is 0. The van der Waals surface area contributed by atoms with Crippen molar-refractivity contribution in [2.24, 2.45) is 0 Å². The fraction of sp³-hybridized carbons (Fsp3) is 0.478. The van der Waals surface area contributed by atoms with Crippen molar-refractivity contribution in [1.29, 1.82) is 0 Å². The Morgan fingerprint density at radius 1 is 0.741 bits per heavy atom. The Balaban J connectivity index is 1.36. The molecule has 1 fully saturated rings. The fourth-order valence-electron chi connectivity index (χ4n) is 4.08. The maximum atomic E-state index is 6.10. The third kappa shape index (κ3) is 3.41. The fourth-order valence-corrected chi connectivity index (χ4v) is 4.08. The Morgan fingerprint density at radius 3 is 1.81 bits per heavy atom. The Labute approximate surface area is 162 Å². The highest BCUT2D eigenvalue weighted by Gasteiger charge is 2.50. The number of unbranched alkanes of at least 4 members (excludes halogenated alkanes) is 2. The predicted molar refractivity (Wildman–Crippen MR) is 114 cm³/mol. The minimum Gasteiger partial charge on any atom is -0.403 e. The molecule has 1 aromatic heterocycles. The van der Waals surface area contributed by atoms with Crippen molar-refractivity contribution in [3.8, 4) is 0 Å². The number of aryl methyl sites for hydroxylation is 1. The molecule has 0 spiro atoms. The summed E-state index contributed by atoms with van der Waals surface area (Å²) < 4.78 is 14.7. The zero-order valence-electron chi connectivity index (χ0n) is 17.0.